The number of aromatic nitrogens is 2. The summed E-state index contributed by atoms with van der Waals surface area (Å²) < 4.78 is 5.74. The predicted molar refractivity (Wildman–Crippen MR) is 71.4 cm³/mol. The number of hydrogen-bond donors (Lipinski definition) is 1. The summed E-state index contributed by atoms with van der Waals surface area (Å²) in [4.78, 5) is 8.14. The molecule has 0 saturated heterocycles. The Kier molecular flexibility index (Phi) is 2.45. The van der Waals surface area contributed by atoms with Crippen molar-refractivity contribution in [1.29, 1.82) is 0 Å². The summed E-state index contributed by atoms with van der Waals surface area (Å²) in [7, 11) is 0. The summed E-state index contributed by atoms with van der Waals surface area (Å²) in [5, 5.41) is 1.52. The highest BCUT2D eigenvalue weighted by Crippen LogP contribution is 2.32. The molecule has 0 saturated carbocycles. The SMILES string of the molecule is Cc1c(N)ncnc1-c1cc2cccc(Cl)c2o1. The number of nitrogens with two attached hydrogens (primary N) is 1. The lowest BCUT2D eigenvalue weighted by molar-refractivity contribution is 0.628. The van der Waals surface area contributed by atoms with Crippen molar-refractivity contribution in [1.82, 2.24) is 9.97 Å². The van der Waals surface area contributed by atoms with Crippen molar-refractivity contribution in [2.45, 2.75) is 6.92 Å². The van der Waals surface area contributed by atoms with Gasteiger partial charge in [0.15, 0.2) is 11.3 Å². The van der Waals surface area contributed by atoms with E-state index in [1.54, 1.807) is 6.07 Å². The van der Waals surface area contributed by atoms with Crippen LogP contribution in [0.2, 0.25) is 5.02 Å². The molecular formula is C13H10ClN3O. The van der Waals surface area contributed by atoms with Crippen LogP contribution in [-0.4, -0.2) is 9.97 Å². The molecular weight excluding hydrogens is 250 g/mol. The third-order valence-electron chi connectivity index (χ3n) is 2.85. The second kappa shape index (κ2) is 3.99. The Bertz CT molecular complexity index is 736. The van der Waals surface area contributed by atoms with Crippen molar-refractivity contribution in [3.05, 3.63) is 41.2 Å². The van der Waals surface area contributed by atoms with Crippen LogP contribution in [0.4, 0.5) is 5.82 Å². The van der Waals surface area contributed by atoms with Crippen LogP contribution in [-0.2, 0) is 0 Å². The van der Waals surface area contributed by atoms with Gasteiger partial charge in [-0.2, -0.15) is 0 Å². The zero-order chi connectivity index (χ0) is 12.7. The molecule has 18 heavy (non-hydrogen) atoms. The molecule has 0 bridgehead atoms. The number of nitrogens with zero attached hydrogens (tertiary/aromatic N) is 2. The second-order valence-electron chi connectivity index (χ2n) is 4.00. The smallest absolute Gasteiger partial charge is 0.154 e. The first-order chi connectivity index (χ1) is 8.66. The molecule has 0 radical (unpaired) electrons. The molecule has 0 fully saturated rings. The molecule has 2 heterocycles. The third-order valence-corrected chi connectivity index (χ3v) is 3.15. The number of benzene rings is 1. The van der Waals surface area contributed by atoms with Gasteiger partial charge in [-0.15, -0.1) is 0 Å². The van der Waals surface area contributed by atoms with Crippen LogP contribution in [0.3, 0.4) is 0 Å². The van der Waals surface area contributed by atoms with Crippen LogP contribution in [0.15, 0.2) is 35.0 Å². The van der Waals surface area contributed by atoms with Gasteiger partial charge in [-0.05, 0) is 19.1 Å². The lowest BCUT2D eigenvalue weighted by Crippen LogP contribution is -1.97. The molecule has 0 aliphatic carbocycles. The minimum absolute atomic E-state index is 0.451. The van der Waals surface area contributed by atoms with E-state index in [0.717, 1.165) is 10.9 Å². The molecule has 5 heteroatoms. The van der Waals surface area contributed by atoms with Gasteiger partial charge < -0.3 is 10.2 Å². The molecule has 3 aromatic rings. The van der Waals surface area contributed by atoms with Gasteiger partial charge in [0.25, 0.3) is 0 Å². The average Bonchev–Trinajstić information content (AvgIpc) is 2.78. The fraction of sp³-hybridized carbons (Fsp3) is 0.0769. The van der Waals surface area contributed by atoms with Crippen LogP contribution >= 0.6 is 11.6 Å². The highest BCUT2D eigenvalue weighted by Gasteiger charge is 2.13. The summed E-state index contributed by atoms with van der Waals surface area (Å²) in [6, 6.07) is 7.51. The zero-order valence-corrected chi connectivity index (χ0v) is 10.4. The predicted octanol–water partition coefficient (Wildman–Crippen LogP) is 3.43. The van der Waals surface area contributed by atoms with E-state index in [4.69, 9.17) is 21.8 Å². The number of para-hydroxylation sites is 1. The molecule has 4 nitrogen and oxygen atoms in total. The van der Waals surface area contributed by atoms with E-state index in [-0.39, 0.29) is 0 Å². The van der Waals surface area contributed by atoms with E-state index < -0.39 is 0 Å². The first-order valence-electron chi connectivity index (χ1n) is 5.42. The number of hydrogen-bond acceptors (Lipinski definition) is 4. The normalized spacial score (nSPS) is 11.0. The molecule has 0 spiro atoms. The lowest BCUT2D eigenvalue weighted by atomic mass is 10.2. The van der Waals surface area contributed by atoms with Crippen molar-refractivity contribution in [2.75, 3.05) is 5.73 Å². The molecule has 2 aromatic heterocycles. The summed E-state index contributed by atoms with van der Waals surface area (Å²) >= 11 is 6.08. The van der Waals surface area contributed by atoms with Crippen LogP contribution in [0.5, 0.6) is 0 Å². The highest BCUT2D eigenvalue weighted by molar-refractivity contribution is 6.34. The monoisotopic (exact) mass is 259 g/mol. The van der Waals surface area contributed by atoms with Crippen molar-refractivity contribution >= 4 is 28.4 Å². The quantitative estimate of drug-likeness (QED) is 0.727. The Morgan fingerprint density at radius 3 is 2.89 bits per heavy atom. The van der Waals surface area contributed by atoms with Crippen molar-refractivity contribution in [3.8, 4) is 11.5 Å². The minimum Gasteiger partial charge on any atom is -0.453 e. The molecule has 1 aromatic carbocycles. The Morgan fingerprint density at radius 1 is 1.28 bits per heavy atom. The number of furan rings is 1. The number of rotatable bonds is 1. The maximum Gasteiger partial charge on any atom is 0.154 e. The molecule has 2 N–H and O–H groups in total. The molecule has 0 amide bonds. The molecule has 0 aliphatic rings. The molecule has 0 atom stereocenters. The van der Waals surface area contributed by atoms with Crippen LogP contribution in [0, 0.1) is 6.92 Å². The van der Waals surface area contributed by atoms with Crippen molar-refractivity contribution < 1.29 is 4.42 Å². The number of halogens is 1. The Hall–Kier alpha value is -2.07. The van der Waals surface area contributed by atoms with Crippen LogP contribution < -0.4 is 5.73 Å². The Morgan fingerprint density at radius 2 is 2.11 bits per heavy atom. The summed E-state index contributed by atoms with van der Waals surface area (Å²) in [5.41, 5.74) is 7.91. The number of fused-ring (bicyclic) bond motifs is 1. The maximum atomic E-state index is 6.08. The van der Waals surface area contributed by atoms with Crippen LogP contribution in [0.1, 0.15) is 5.56 Å². The molecule has 0 unspecified atom stereocenters. The van der Waals surface area contributed by atoms with Gasteiger partial charge >= 0.3 is 0 Å². The van der Waals surface area contributed by atoms with Gasteiger partial charge in [0, 0.05) is 10.9 Å². The number of anilines is 1. The second-order valence-corrected chi connectivity index (χ2v) is 4.41. The Labute approximate surface area is 108 Å². The van der Waals surface area contributed by atoms with Gasteiger partial charge in [0.1, 0.15) is 17.8 Å². The van der Waals surface area contributed by atoms with Crippen LogP contribution in [0.25, 0.3) is 22.4 Å². The standard InChI is InChI=1S/C13H10ClN3O/c1-7-11(16-6-17-13(7)15)10-5-8-3-2-4-9(14)12(8)18-10/h2-6H,1H3,(H2,15,16,17). The van der Waals surface area contributed by atoms with E-state index in [9.17, 15) is 0 Å². The largest absolute Gasteiger partial charge is 0.453 e. The van der Waals surface area contributed by atoms with Gasteiger partial charge in [-0.3, -0.25) is 0 Å². The fourth-order valence-electron chi connectivity index (χ4n) is 1.86. The van der Waals surface area contributed by atoms with E-state index in [1.165, 1.54) is 6.33 Å². The van der Waals surface area contributed by atoms with Gasteiger partial charge in [0.05, 0.1) is 5.02 Å². The van der Waals surface area contributed by atoms with E-state index in [0.29, 0.717) is 27.9 Å². The summed E-state index contributed by atoms with van der Waals surface area (Å²) in [5.74, 6) is 1.09. The van der Waals surface area contributed by atoms with Crippen molar-refractivity contribution in [2.24, 2.45) is 0 Å². The highest BCUT2D eigenvalue weighted by atomic mass is 35.5. The average molecular weight is 260 g/mol. The Balaban J connectivity index is 2.26. The number of nitrogen functional groups attached to an aromatic ring is 1. The molecule has 90 valence electrons. The van der Waals surface area contributed by atoms with Crippen molar-refractivity contribution in [3.63, 3.8) is 0 Å². The first kappa shape index (κ1) is 11.0. The van der Waals surface area contributed by atoms with Gasteiger partial charge in [-0.1, -0.05) is 23.7 Å². The lowest BCUT2D eigenvalue weighted by Gasteiger charge is -2.02. The maximum absolute atomic E-state index is 6.08. The van der Waals surface area contributed by atoms with E-state index >= 15 is 0 Å². The topological polar surface area (TPSA) is 64.9 Å². The first-order valence-corrected chi connectivity index (χ1v) is 5.80. The fourth-order valence-corrected chi connectivity index (χ4v) is 2.08. The zero-order valence-electron chi connectivity index (χ0n) is 9.64. The summed E-state index contributed by atoms with van der Waals surface area (Å²) in [6.45, 7) is 1.86. The third kappa shape index (κ3) is 1.62. The van der Waals surface area contributed by atoms with Gasteiger partial charge in [0.2, 0.25) is 0 Å². The van der Waals surface area contributed by atoms with E-state index in [1.807, 2.05) is 25.1 Å². The summed E-state index contributed by atoms with van der Waals surface area (Å²) in [6.07, 6.45) is 1.42. The minimum atomic E-state index is 0.451. The molecule has 0 aliphatic heterocycles. The van der Waals surface area contributed by atoms with Gasteiger partial charge in [-0.25, -0.2) is 9.97 Å². The molecule has 3 rings (SSSR count). The van der Waals surface area contributed by atoms with E-state index in [2.05, 4.69) is 9.97 Å².